The standard InChI is InChI=1S/C15H13N5S2/c21-14-18-19-15(22-11-13-4-2-1-3-5-13)20(14)17-10-12-6-8-16-9-7-12/h1-10H,11H2,(H,18,21)/b17-10-. The van der Waals surface area contributed by atoms with Crippen molar-refractivity contribution in [2.75, 3.05) is 0 Å². The van der Waals surface area contributed by atoms with Crippen LogP contribution >= 0.6 is 24.0 Å². The van der Waals surface area contributed by atoms with Crippen molar-refractivity contribution in [1.82, 2.24) is 19.9 Å². The Hall–Kier alpha value is -2.25. The van der Waals surface area contributed by atoms with E-state index in [1.165, 1.54) is 5.56 Å². The molecule has 1 aromatic carbocycles. The van der Waals surface area contributed by atoms with Crippen molar-refractivity contribution < 1.29 is 0 Å². The quantitative estimate of drug-likeness (QED) is 0.442. The zero-order valence-corrected chi connectivity index (χ0v) is 13.2. The van der Waals surface area contributed by atoms with Gasteiger partial charge in [-0.15, -0.1) is 5.10 Å². The Labute approximate surface area is 137 Å². The molecule has 0 saturated heterocycles. The number of aromatic amines is 1. The lowest BCUT2D eigenvalue weighted by Gasteiger charge is -2.01. The first kappa shape index (κ1) is 14.7. The van der Waals surface area contributed by atoms with Gasteiger partial charge in [0.15, 0.2) is 0 Å². The number of nitrogens with zero attached hydrogens (tertiary/aromatic N) is 4. The number of nitrogens with one attached hydrogen (secondary N) is 1. The second-order valence-corrected chi connectivity index (χ2v) is 5.75. The molecule has 110 valence electrons. The van der Waals surface area contributed by atoms with Crippen molar-refractivity contribution in [3.8, 4) is 0 Å². The molecular formula is C15H13N5S2. The van der Waals surface area contributed by atoms with Crippen LogP contribution in [-0.2, 0) is 5.75 Å². The summed E-state index contributed by atoms with van der Waals surface area (Å²) in [4.78, 5) is 3.98. The van der Waals surface area contributed by atoms with Gasteiger partial charge >= 0.3 is 0 Å². The molecule has 0 atom stereocenters. The minimum atomic E-state index is 0.473. The summed E-state index contributed by atoms with van der Waals surface area (Å²) in [5.74, 6) is 0.811. The molecule has 5 nitrogen and oxygen atoms in total. The average Bonchev–Trinajstić information content (AvgIpc) is 2.93. The fourth-order valence-corrected chi connectivity index (χ4v) is 2.86. The Morgan fingerprint density at radius 3 is 2.73 bits per heavy atom. The molecule has 1 N–H and O–H groups in total. The predicted molar refractivity (Wildman–Crippen MR) is 90.6 cm³/mol. The minimum absolute atomic E-state index is 0.473. The van der Waals surface area contributed by atoms with E-state index in [4.69, 9.17) is 12.2 Å². The topological polar surface area (TPSA) is 58.9 Å². The highest BCUT2D eigenvalue weighted by molar-refractivity contribution is 7.98. The lowest BCUT2D eigenvalue weighted by molar-refractivity contribution is 0.759. The first-order valence-corrected chi connectivity index (χ1v) is 8.01. The van der Waals surface area contributed by atoms with E-state index in [2.05, 4.69) is 32.4 Å². The number of rotatable bonds is 5. The Bertz CT molecular complexity index is 809. The van der Waals surface area contributed by atoms with Gasteiger partial charge in [0, 0.05) is 18.1 Å². The molecular weight excluding hydrogens is 314 g/mol. The Morgan fingerprint density at radius 2 is 1.95 bits per heavy atom. The minimum Gasteiger partial charge on any atom is -0.265 e. The number of benzene rings is 1. The molecule has 0 spiro atoms. The third-order valence-corrected chi connectivity index (χ3v) is 4.12. The van der Waals surface area contributed by atoms with E-state index in [1.54, 1.807) is 35.0 Å². The lowest BCUT2D eigenvalue weighted by Crippen LogP contribution is -1.94. The fourth-order valence-electron chi connectivity index (χ4n) is 1.77. The number of hydrogen-bond acceptors (Lipinski definition) is 5. The molecule has 0 bridgehead atoms. The van der Waals surface area contributed by atoms with E-state index in [0.717, 1.165) is 16.5 Å². The van der Waals surface area contributed by atoms with Crippen molar-refractivity contribution in [2.24, 2.45) is 5.10 Å². The van der Waals surface area contributed by atoms with Crippen molar-refractivity contribution in [2.45, 2.75) is 10.9 Å². The number of aromatic nitrogens is 4. The molecule has 0 fully saturated rings. The van der Waals surface area contributed by atoms with Crippen LogP contribution in [0.25, 0.3) is 0 Å². The van der Waals surface area contributed by atoms with Gasteiger partial charge in [-0.3, -0.25) is 4.98 Å². The van der Waals surface area contributed by atoms with Gasteiger partial charge in [0.25, 0.3) is 0 Å². The summed E-state index contributed by atoms with van der Waals surface area (Å²) >= 11 is 6.81. The molecule has 3 aromatic rings. The van der Waals surface area contributed by atoms with E-state index < -0.39 is 0 Å². The van der Waals surface area contributed by atoms with Gasteiger partial charge in [-0.1, -0.05) is 42.1 Å². The molecule has 2 heterocycles. The Kier molecular flexibility index (Phi) is 4.77. The summed E-state index contributed by atoms with van der Waals surface area (Å²) in [6.07, 6.45) is 5.18. The molecule has 0 aliphatic rings. The van der Waals surface area contributed by atoms with Crippen LogP contribution in [0.2, 0.25) is 0 Å². The number of pyridine rings is 1. The normalized spacial score (nSPS) is 11.1. The van der Waals surface area contributed by atoms with Gasteiger partial charge in [-0.2, -0.15) is 9.78 Å². The Balaban J connectivity index is 1.76. The van der Waals surface area contributed by atoms with Crippen LogP contribution in [0.15, 0.2) is 65.1 Å². The molecule has 7 heteroatoms. The van der Waals surface area contributed by atoms with Crippen LogP contribution in [0.1, 0.15) is 11.1 Å². The van der Waals surface area contributed by atoms with Crippen molar-refractivity contribution in [1.29, 1.82) is 0 Å². The maximum Gasteiger partial charge on any atom is 0.217 e. The van der Waals surface area contributed by atoms with Gasteiger partial charge in [0.1, 0.15) is 0 Å². The third-order valence-electron chi connectivity index (χ3n) is 2.86. The molecule has 22 heavy (non-hydrogen) atoms. The van der Waals surface area contributed by atoms with E-state index in [9.17, 15) is 0 Å². The van der Waals surface area contributed by atoms with Crippen LogP contribution < -0.4 is 0 Å². The molecule has 2 aromatic heterocycles. The highest BCUT2D eigenvalue weighted by atomic mass is 32.2. The van der Waals surface area contributed by atoms with Gasteiger partial charge < -0.3 is 0 Å². The van der Waals surface area contributed by atoms with Gasteiger partial charge in [0.2, 0.25) is 9.93 Å². The van der Waals surface area contributed by atoms with E-state index >= 15 is 0 Å². The van der Waals surface area contributed by atoms with Crippen molar-refractivity contribution in [3.63, 3.8) is 0 Å². The zero-order valence-electron chi connectivity index (χ0n) is 11.6. The first-order valence-electron chi connectivity index (χ1n) is 6.61. The summed E-state index contributed by atoms with van der Waals surface area (Å²) in [6, 6.07) is 14.0. The number of thioether (sulfide) groups is 1. The van der Waals surface area contributed by atoms with E-state index in [1.807, 2.05) is 30.3 Å². The van der Waals surface area contributed by atoms with Gasteiger partial charge in [-0.05, 0) is 35.5 Å². The summed E-state index contributed by atoms with van der Waals surface area (Å²) in [7, 11) is 0. The van der Waals surface area contributed by atoms with E-state index in [-0.39, 0.29) is 0 Å². The summed E-state index contributed by atoms with van der Waals surface area (Å²) in [6.45, 7) is 0. The summed E-state index contributed by atoms with van der Waals surface area (Å²) < 4.78 is 2.10. The van der Waals surface area contributed by atoms with Gasteiger partial charge in [-0.25, -0.2) is 5.10 Å². The second kappa shape index (κ2) is 7.15. The molecule has 0 aliphatic carbocycles. The Morgan fingerprint density at radius 1 is 1.18 bits per heavy atom. The third kappa shape index (κ3) is 3.69. The van der Waals surface area contributed by atoms with Crippen molar-refractivity contribution in [3.05, 3.63) is 70.8 Å². The van der Waals surface area contributed by atoms with Crippen LogP contribution in [0.5, 0.6) is 0 Å². The largest absolute Gasteiger partial charge is 0.265 e. The van der Waals surface area contributed by atoms with Crippen LogP contribution in [0.3, 0.4) is 0 Å². The monoisotopic (exact) mass is 327 g/mol. The van der Waals surface area contributed by atoms with E-state index in [0.29, 0.717) is 4.77 Å². The fraction of sp³-hybridized carbons (Fsp3) is 0.0667. The van der Waals surface area contributed by atoms with Crippen molar-refractivity contribution >= 4 is 30.2 Å². The maximum atomic E-state index is 5.22. The van der Waals surface area contributed by atoms with Crippen LogP contribution in [0, 0.1) is 4.77 Å². The van der Waals surface area contributed by atoms with Gasteiger partial charge in [0.05, 0.1) is 6.21 Å². The predicted octanol–water partition coefficient (Wildman–Crippen LogP) is 3.51. The molecule has 0 aliphatic heterocycles. The maximum absolute atomic E-state index is 5.22. The van der Waals surface area contributed by atoms with Crippen LogP contribution in [0.4, 0.5) is 0 Å². The molecule has 0 radical (unpaired) electrons. The van der Waals surface area contributed by atoms with Crippen LogP contribution in [-0.4, -0.2) is 26.1 Å². The first-order chi connectivity index (χ1) is 10.8. The smallest absolute Gasteiger partial charge is 0.217 e. The average molecular weight is 327 g/mol. The molecule has 3 rings (SSSR count). The second-order valence-electron chi connectivity index (χ2n) is 4.42. The number of H-pyrrole nitrogens is 1. The summed E-state index contributed by atoms with van der Waals surface area (Å²) in [5.41, 5.74) is 2.18. The zero-order chi connectivity index (χ0) is 15.2. The lowest BCUT2D eigenvalue weighted by atomic mass is 10.2. The highest BCUT2D eigenvalue weighted by Gasteiger charge is 2.06. The SMILES string of the molecule is S=c1[nH]nc(SCc2ccccc2)n1/N=C\c1ccncc1. The highest BCUT2D eigenvalue weighted by Crippen LogP contribution is 2.20. The molecule has 0 saturated carbocycles. The number of hydrogen-bond donors (Lipinski definition) is 1. The molecule has 0 unspecified atom stereocenters. The molecule has 0 amide bonds. The summed E-state index contributed by atoms with van der Waals surface area (Å²) in [5, 5.41) is 12.1.